The summed E-state index contributed by atoms with van der Waals surface area (Å²) in [6, 6.07) is 2.06. The summed E-state index contributed by atoms with van der Waals surface area (Å²) in [6.07, 6.45) is 2.38. The molecule has 0 saturated heterocycles. The SMILES string of the molecule is CCOc1ccc(F)c(C(=O)NC/C=C/C(=O)OC)c1F. The number of carbonyl (C=O) groups excluding carboxylic acids is 2. The van der Waals surface area contributed by atoms with Crippen LogP contribution in [0.5, 0.6) is 5.75 Å². The summed E-state index contributed by atoms with van der Waals surface area (Å²) >= 11 is 0. The monoisotopic (exact) mass is 299 g/mol. The van der Waals surface area contributed by atoms with Crippen LogP contribution in [-0.4, -0.2) is 32.1 Å². The van der Waals surface area contributed by atoms with Gasteiger partial charge in [0.15, 0.2) is 11.6 Å². The third-order valence-electron chi connectivity index (χ3n) is 2.42. The van der Waals surface area contributed by atoms with E-state index < -0.39 is 29.1 Å². The van der Waals surface area contributed by atoms with Gasteiger partial charge in [-0.3, -0.25) is 4.79 Å². The summed E-state index contributed by atoms with van der Waals surface area (Å²) < 4.78 is 36.8. The highest BCUT2D eigenvalue weighted by Gasteiger charge is 2.20. The van der Waals surface area contributed by atoms with Crippen LogP contribution in [0.3, 0.4) is 0 Å². The Morgan fingerprint density at radius 2 is 2.05 bits per heavy atom. The molecule has 114 valence electrons. The maximum absolute atomic E-state index is 13.9. The number of benzene rings is 1. The number of hydrogen-bond donors (Lipinski definition) is 1. The van der Waals surface area contributed by atoms with Crippen LogP contribution in [0.15, 0.2) is 24.3 Å². The van der Waals surface area contributed by atoms with Gasteiger partial charge in [0.2, 0.25) is 0 Å². The second-order valence-corrected chi connectivity index (χ2v) is 3.80. The molecule has 0 aliphatic rings. The molecule has 21 heavy (non-hydrogen) atoms. The van der Waals surface area contributed by atoms with Gasteiger partial charge in [0.05, 0.1) is 13.7 Å². The molecule has 0 atom stereocenters. The predicted octanol–water partition coefficient (Wildman–Crippen LogP) is 1.82. The van der Waals surface area contributed by atoms with Gasteiger partial charge in [-0.1, -0.05) is 6.08 Å². The van der Waals surface area contributed by atoms with E-state index in [9.17, 15) is 18.4 Å². The summed E-state index contributed by atoms with van der Waals surface area (Å²) in [5.74, 6) is -3.80. The highest BCUT2D eigenvalue weighted by atomic mass is 19.1. The van der Waals surface area contributed by atoms with Gasteiger partial charge >= 0.3 is 5.97 Å². The molecule has 0 aliphatic heterocycles. The van der Waals surface area contributed by atoms with Crippen LogP contribution >= 0.6 is 0 Å². The molecule has 0 bridgehead atoms. The van der Waals surface area contributed by atoms with Gasteiger partial charge in [-0.2, -0.15) is 0 Å². The van der Waals surface area contributed by atoms with E-state index in [1.54, 1.807) is 6.92 Å². The Balaban J connectivity index is 2.80. The Kier molecular flexibility index (Phi) is 6.32. The number of methoxy groups -OCH3 is 1. The summed E-state index contributed by atoms with van der Waals surface area (Å²) in [7, 11) is 1.20. The largest absolute Gasteiger partial charge is 0.491 e. The molecule has 0 unspecified atom stereocenters. The van der Waals surface area contributed by atoms with Crippen LogP contribution in [-0.2, 0) is 9.53 Å². The summed E-state index contributed by atoms with van der Waals surface area (Å²) in [5, 5.41) is 2.26. The molecule has 1 aromatic rings. The molecule has 0 saturated carbocycles. The lowest BCUT2D eigenvalue weighted by Crippen LogP contribution is -2.26. The Morgan fingerprint density at radius 1 is 1.33 bits per heavy atom. The highest BCUT2D eigenvalue weighted by molar-refractivity contribution is 5.95. The molecule has 5 nitrogen and oxygen atoms in total. The number of nitrogens with one attached hydrogen (secondary N) is 1. The first-order valence-corrected chi connectivity index (χ1v) is 6.14. The van der Waals surface area contributed by atoms with Crippen molar-refractivity contribution in [2.24, 2.45) is 0 Å². The van der Waals surface area contributed by atoms with Crippen LogP contribution in [0.2, 0.25) is 0 Å². The standard InChI is InChI=1S/C14H15F2NO4/c1-3-21-10-7-6-9(15)12(13(10)16)14(19)17-8-4-5-11(18)20-2/h4-7H,3,8H2,1-2H3,(H,17,19)/b5-4+. The number of halogens is 2. The van der Waals surface area contributed by atoms with E-state index in [4.69, 9.17) is 4.74 Å². The summed E-state index contributed by atoms with van der Waals surface area (Å²) in [5.41, 5.74) is -0.729. The van der Waals surface area contributed by atoms with Gasteiger partial charge in [-0.25, -0.2) is 13.6 Å². The number of esters is 1. The van der Waals surface area contributed by atoms with Gasteiger partial charge in [-0.15, -0.1) is 0 Å². The first kappa shape index (κ1) is 16.6. The van der Waals surface area contributed by atoms with E-state index in [0.717, 1.165) is 18.2 Å². The summed E-state index contributed by atoms with van der Waals surface area (Å²) in [4.78, 5) is 22.6. The van der Waals surface area contributed by atoms with E-state index in [0.29, 0.717) is 0 Å². The van der Waals surface area contributed by atoms with Crippen LogP contribution in [0.25, 0.3) is 0 Å². The molecule has 0 radical (unpaired) electrons. The number of carbonyl (C=O) groups is 2. The second-order valence-electron chi connectivity index (χ2n) is 3.80. The van der Waals surface area contributed by atoms with E-state index in [2.05, 4.69) is 10.1 Å². The van der Waals surface area contributed by atoms with Gasteiger partial charge in [-0.05, 0) is 19.1 Å². The number of rotatable bonds is 6. The average molecular weight is 299 g/mol. The minimum absolute atomic E-state index is 0.0777. The van der Waals surface area contributed by atoms with Gasteiger partial charge in [0.1, 0.15) is 11.4 Å². The molecule has 1 aromatic carbocycles. The lowest BCUT2D eigenvalue weighted by molar-refractivity contribution is -0.134. The molecule has 1 amide bonds. The Hall–Kier alpha value is -2.44. The lowest BCUT2D eigenvalue weighted by atomic mass is 10.1. The van der Waals surface area contributed by atoms with Gasteiger partial charge in [0, 0.05) is 12.6 Å². The van der Waals surface area contributed by atoms with Crippen LogP contribution in [0.1, 0.15) is 17.3 Å². The molecule has 7 heteroatoms. The van der Waals surface area contributed by atoms with E-state index in [1.165, 1.54) is 13.2 Å². The fraction of sp³-hybridized carbons (Fsp3) is 0.286. The van der Waals surface area contributed by atoms with Gasteiger partial charge in [0.25, 0.3) is 5.91 Å². The zero-order valence-corrected chi connectivity index (χ0v) is 11.6. The normalized spacial score (nSPS) is 10.5. The van der Waals surface area contributed by atoms with Crippen molar-refractivity contribution in [1.29, 1.82) is 0 Å². The quantitative estimate of drug-likeness (QED) is 0.643. The van der Waals surface area contributed by atoms with Crippen LogP contribution in [0.4, 0.5) is 8.78 Å². The van der Waals surface area contributed by atoms with Crippen LogP contribution in [0, 0.1) is 11.6 Å². The lowest BCUT2D eigenvalue weighted by Gasteiger charge is -2.09. The third-order valence-corrected chi connectivity index (χ3v) is 2.42. The van der Waals surface area contributed by atoms with Crippen molar-refractivity contribution in [1.82, 2.24) is 5.32 Å². The predicted molar refractivity (Wildman–Crippen MR) is 71.0 cm³/mol. The fourth-order valence-electron chi connectivity index (χ4n) is 1.47. The first-order chi connectivity index (χ1) is 10.0. The molecule has 0 heterocycles. The van der Waals surface area contributed by atoms with E-state index >= 15 is 0 Å². The highest BCUT2D eigenvalue weighted by Crippen LogP contribution is 2.23. The van der Waals surface area contributed by atoms with Crippen molar-refractivity contribution in [3.05, 3.63) is 41.5 Å². The maximum atomic E-state index is 13.9. The molecule has 1 rings (SSSR count). The molecule has 0 aromatic heterocycles. The van der Waals surface area contributed by atoms with Crippen molar-refractivity contribution in [3.63, 3.8) is 0 Å². The number of amides is 1. The van der Waals surface area contributed by atoms with Crippen molar-refractivity contribution in [2.45, 2.75) is 6.92 Å². The smallest absolute Gasteiger partial charge is 0.330 e. The number of ether oxygens (including phenoxy) is 2. The van der Waals surface area contributed by atoms with Crippen molar-refractivity contribution < 1.29 is 27.8 Å². The van der Waals surface area contributed by atoms with E-state index in [-0.39, 0.29) is 18.9 Å². The molecular weight excluding hydrogens is 284 g/mol. The zero-order valence-electron chi connectivity index (χ0n) is 11.6. The zero-order chi connectivity index (χ0) is 15.8. The Labute approximate surface area is 120 Å². The summed E-state index contributed by atoms with van der Waals surface area (Å²) in [6.45, 7) is 1.75. The molecule has 1 N–H and O–H groups in total. The average Bonchev–Trinajstić information content (AvgIpc) is 2.46. The molecule has 0 fully saturated rings. The second kappa shape index (κ2) is 7.98. The Bertz CT molecular complexity index is 558. The minimum atomic E-state index is -1.06. The topological polar surface area (TPSA) is 64.6 Å². The molecule has 0 spiro atoms. The maximum Gasteiger partial charge on any atom is 0.330 e. The fourth-order valence-corrected chi connectivity index (χ4v) is 1.47. The third kappa shape index (κ3) is 4.55. The Morgan fingerprint density at radius 3 is 2.67 bits per heavy atom. The van der Waals surface area contributed by atoms with Crippen molar-refractivity contribution >= 4 is 11.9 Å². The van der Waals surface area contributed by atoms with Crippen LogP contribution < -0.4 is 10.1 Å². The van der Waals surface area contributed by atoms with Crippen molar-refractivity contribution in [2.75, 3.05) is 20.3 Å². The first-order valence-electron chi connectivity index (χ1n) is 6.14. The van der Waals surface area contributed by atoms with Gasteiger partial charge < -0.3 is 14.8 Å². The molecular formula is C14H15F2NO4. The molecule has 0 aliphatic carbocycles. The number of hydrogen-bond acceptors (Lipinski definition) is 4. The van der Waals surface area contributed by atoms with Crippen molar-refractivity contribution in [3.8, 4) is 5.75 Å². The minimum Gasteiger partial charge on any atom is -0.491 e. The van der Waals surface area contributed by atoms with E-state index in [1.807, 2.05) is 0 Å².